The van der Waals surface area contributed by atoms with Crippen molar-refractivity contribution in [1.29, 1.82) is 0 Å². The van der Waals surface area contributed by atoms with Gasteiger partial charge in [0, 0.05) is 41.6 Å². The van der Waals surface area contributed by atoms with Crippen molar-refractivity contribution >= 4 is 41.6 Å². The van der Waals surface area contributed by atoms with Crippen LogP contribution in [0.4, 0.5) is 5.69 Å². The number of nitrogens with zero attached hydrogens (tertiary/aromatic N) is 1. The molecule has 0 bridgehead atoms. The zero-order valence-corrected chi connectivity index (χ0v) is 20.6. The molecular weight excluding hydrogens is 436 g/mol. The lowest BCUT2D eigenvalue weighted by Gasteiger charge is -2.30. The number of carbonyl (C=O) groups excluding carboxylic acids is 2. The van der Waals surface area contributed by atoms with Gasteiger partial charge in [0.15, 0.2) is 0 Å². The number of hydrogen-bond acceptors (Lipinski definition) is 3. The Morgan fingerprint density at radius 2 is 1.94 bits per heavy atom. The van der Waals surface area contributed by atoms with E-state index in [0.29, 0.717) is 30.1 Å². The number of aryl methyl sites for hydroxylation is 2. The topological polar surface area (TPSA) is 91.2 Å². The molecule has 0 saturated heterocycles. The van der Waals surface area contributed by atoms with E-state index in [1.165, 1.54) is 0 Å². The molecule has 1 aliphatic heterocycles. The lowest BCUT2D eigenvalue weighted by molar-refractivity contribution is -0.113. The van der Waals surface area contributed by atoms with E-state index in [1.807, 2.05) is 49.9 Å². The third kappa shape index (κ3) is 5.33. The van der Waals surface area contributed by atoms with Gasteiger partial charge in [0.05, 0.1) is 11.3 Å². The predicted octanol–water partition coefficient (Wildman–Crippen LogP) is 4.60. The Labute approximate surface area is 202 Å². The Kier molecular flexibility index (Phi) is 8.03. The zero-order chi connectivity index (χ0) is 22.8. The molecule has 1 saturated carbocycles. The van der Waals surface area contributed by atoms with Crippen molar-refractivity contribution in [2.75, 3.05) is 18.0 Å². The molecule has 2 aliphatic rings. The summed E-state index contributed by atoms with van der Waals surface area (Å²) >= 11 is 0. The Bertz CT molecular complexity index is 1050. The lowest BCUT2D eigenvalue weighted by atomic mass is 9.86. The van der Waals surface area contributed by atoms with Gasteiger partial charge in [0.2, 0.25) is 0 Å². The molecule has 2 aromatic rings. The number of nitrogens with two attached hydrogens (primary N) is 1. The van der Waals surface area contributed by atoms with Crippen molar-refractivity contribution in [2.45, 2.75) is 58.9 Å². The molecule has 4 rings (SSSR count). The summed E-state index contributed by atoms with van der Waals surface area (Å²) in [5.41, 5.74) is 12.2. The van der Waals surface area contributed by atoms with Crippen LogP contribution in [0.3, 0.4) is 0 Å². The SMILES string of the molecule is CCCNC(=O)c1ccc2c(c1)N(CC1CCC(N)CC1)C(=O)/C2=C\c1[nH]c(C)cc1C.Cl. The Balaban J connectivity index is 0.00000306. The fourth-order valence-corrected chi connectivity index (χ4v) is 4.83. The van der Waals surface area contributed by atoms with Crippen LogP contribution in [-0.2, 0) is 4.79 Å². The van der Waals surface area contributed by atoms with Gasteiger partial charge in [-0.15, -0.1) is 12.4 Å². The van der Waals surface area contributed by atoms with Crippen LogP contribution >= 0.6 is 12.4 Å². The molecule has 0 unspecified atom stereocenters. The fourth-order valence-electron chi connectivity index (χ4n) is 4.83. The number of H-pyrrole nitrogens is 1. The van der Waals surface area contributed by atoms with E-state index in [2.05, 4.69) is 16.4 Å². The fraction of sp³-hybridized carbons (Fsp3) is 0.462. The van der Waals surface area contributed by atoms with Gasteiger partial charge in [-0.05, 0) is 81.7 Å². The van der Waals surface area contributed by atoms with Gasteiger partial charge < -0.3 is 20.9 Å². The van der Waals surface area contributed by atoms with Gasteiger partial charge in [-0.3, -0.25) is 9.59 Å². The van der Waals surface area contributed by atoms with Gasteiger partial charge in [-0.1, -0.05) is 13.0 Å². The first-order chi connectivity index (χ1) is 15.4. The highest BCUT2D eigenvalue weighted by molar-refractivity contribution is 6.36. The maximum atomic E-state index is 13.6. The van der Waals surface area contributed by atoms with Crippen LogP contribution < -0.4 is 16.0 Å². The monoisotopic (exact) mass is 470 g/mol. The number of benzene rings is 1. The Morgan fingerprint density at radius 1 is 1.21 bits per heavy atom. The quantitative estimate of drug-likeness (QED) is 0.539. The van der Waals surface area contributed by atoms with E-state index in [0.717, 1.165) is 60.3 Å². The van der Waals surface area contributed by atoms with Crippen molar-refractivity contribution in [1.82, 2.24) is 10.3 Å². The van der Waals surface area contributed by atoms with Crippen LogP contribution in [0, 0.1) is 19.8 Å². The molecule has 1 aliphatic carbocycles. The first-order valence-corrected chi connectivity index (χ1v) is 11.7. The predicted molar refractivity (Wildman–Crippen MR) is 137 cm³/mol. The maximum Gasteiger partial charge on any atom is 0.259 e. The molecule has 7 heteroatoms. The summed E-state index contributed by atoms with van der Waals surface area (Å²) < 4.78 is 0. The highest BCUT2D eigenvalue weighted by atomic mass is 35.5. The Hall–Kier alpha value is -2.57. The number of aromatic nitrogens is 1. The molecule has 178 valence electrons. The average Bonchev–Trinajstić information content (AvgIpc) is 3.23. The highest BCUT2D eigenvalue weighted by Gasteiger charge is 2.35. The summed E-state index contributed by atoms with van der Waals surface area (Å²) in [4.78, 5) is 31.4. The number of hydrogen-bond donors (Lipinski definition) is 3. The lowest BCUT2D eigenvalue weighted by Crippen LogP contribution is -2.36. The summed E-state index contributed by atoms with van der Waals surface area (Å²) in [5.74, 6) is 0.338. The van der Waals surface area contributed by atoms with Crippen LogP contribution in [0.2, 0.25) is 0 Å². The molecule has 6 nitrogen and oxygen atoms in total. The normalized spacial score (nSPS) is 21.2. The van der Waals surface area contributed by atoms with E-state index >= 15 is 0 Å². The smallest absolute Gasteiger partial charge is 0.259 e. The van der Waals surface area contributed by atoms with Crippen LogP contribution in [-0.4, -0.2) is 35.9 Å². The minimum atomic E-state index is -0.0982. The van der Waals surface area contributed by atoms with E-state index < -0.39 is 0 Å². The number of anilines is 1. The number of amides is 2. The first-order valence-electron chi connectivity index (χ1n) is 11.7. The van der Waals surface area contributed by atoms with E-state index in [1.54, 1.807) is 0 Å². The molecule has 0 radical (unpaired) electrons. The van der Waals surface area contributed by atoms with E-state index in [4.69, 9.17) is 5.73 Å². The number of carbonyl (C=O) groups is 2. The number of fused-ring (bicyclic) bond motifs is 1. The van der Waals surface area contributed by atoms with Crippen molar-refractivity contribution < 1.29 is 9.59 Å². The number of rotatable bonds is 6. The van der Waals surface area contributed by atoms with Crippen molar-refractivity contribution in [3.63, 3.8) is 0 Å². The van der Waals surface area contributed by atoms with Crippen LogP contribution in [0.1, 0.15) is 71.9 Å². The van der Waals surface area contributed by atoms with E-state index in [-0.39, 0.29) is 30.3 Å². The number of halogens is 1. The third-order valence-corrected chi connectivity index (χ3v) is 6.66. The zero-order valence-electron chi connectivity index (χ0n) is 19.7. The standard InChI is InChI=1S/C26H34N4O2.ClH/c1-4-11-28-25(31)19-7-10-21-22(14-23-16(2)12-17(3)29-23)26(32)30(24(21)13-19)15-18-5-8-20(27)9-6-18;/h7,10,12-14,18,20,29H,4-6,8-9,11,15,27H2,1-3H3,(H,28,31);1H/b22-14-;. The van der Waals surface area contributed by atoms with Crippen LogP contribution in [0.25, 0.3) is 11.6 Å². The molecule has 0 atom stereocenters. The summed E-state index contributed by atoms with van der Waals surface area (Å²) in [5, 5.41) is 2.94. The maximum absolute atomic E-state index is 13.6. The molecule has 1 aromatic heterocycles. The molecule has 4 N–H and O–H groups in total. The van der Waals surface area contributed by atoms with Gasteiger partial charge in [-0.2, -0.15) is 0 Å². The summed E-state index contributed by atoms with van der Waals surface area (Å²) in [6.07, 6.45) is 6.91. The van der Waals surface area contributed by atoms with Gasteiger partial charge in [-0.25, -0.2) is 0 Å². The molecule has 2 heterocycles. The molecule has 33 heavy (non-hydrogen) atoms. The second-order valence-electron chi connectivity index (χ2n) is 9.29. The molecule has 2 amide bonds. The first kappa shape index (κ1) is 25.1. The third-order valence-electron chi connectivity index (χ3n) is 6.66. The number of nitrogens with one attached hydrogen (secondary N) is 2. The van der Waals surface area contributed by atoms with Gasteiger partial charge in [0.1, 0.15) is 0 Å². The second-order valence-corrected chi connectivity index (χ2v) is 9.29. The van der Waals surface area contributed by atoms with Crippen molar-refractivity contribution in [3.05, 3.63) is 52.3 Å². The highest BCUT2D eigenvalue weighted by Crippen LogP contribution is 2.40. The van der Waals surface area contributed by atoms with E-state index in [9.17, 15) is 9.59 Å². The van der Waals surface area contributed by atoms with Crippen LogP contribution in [0.5, 0.6) is 0 Å². The molecule has 1 fully saturated rings. The largest absolute Gasteiger partial charge is 0.359 e. The Morgan fingerprint density at radius 3 is 2.58 bits per heavy atom. The average molecular weight is 471 g/mol. The van der Waals surface area contributed by atoms with Crippen molar-refractivity contribution in [2.24, 2.45) is 11.7 Å². The van der Waals surface area contributed by atoms with Gasteiger partial charge >= 0.3 is 0 Å². The van der Waals surface area contributed by atoms with Gasteiger partial charge in [0.25, 0.3) is 11.8 Å². The van der Waals surface area contributed by atoms with Crippen molar-refractivity contribution in [3.8, 4) is 0 Å². The second kappa shape index (κ2) is 10.6. The number of aromatic amines is 1. The summed E-state index contributed by atoms with van der Waals surface area (Å²) in [7, 11) is 0. The summed E-state index contributed by atoms with van der Waals surface area (Å²) in [6.45, 7) is 7.39. The molecular formula is C26H35ClN4O2. The molecule has 1 aromatic carbocycles. The molecule has 0 spiro atoms. The minimum absolute atomic E-state index is 0. The summed E-state index contributed by atoms with van der Waals surface area (Å²) in [6, 6.07) is 7.97. The van der Waals surface area contributed by atoms with Crippen LogP contribution in [0.15, 0.2) is 24.3 Å². The minimum Gasteiger partial charge on any atom is -0.359 e.